The van der Waals surface area contributed by atoms with Gasteiger partial charge in [-0.3, -0.25) is 9.59 Å². The maximum atomic E-state index is 11.9. The summed E-state index contributed by atoms with van der Waals surface area (Å²) < 4.78 is 0.687. The molecule has 0 atom stereocenters. The summed E-state index contributed by atoms with van der Waals surface area (Å²) in [7, 11) is 0. The first-order valence-electron chi connectivity index (χ1n) is 6.95. The van der Waals surface area contributed by atoms with Crippen molar-refractivity contribution in [1.29, 1.82) is 0 Å². The van der Waals surface area contributed by atoms with Gasteiger partial charge in [-0.2, -0.15) is 0 Å². The molecule has 0 aliphatic heterocycles. The number of nitrogens with one attached hydrogen (secondary N) is 2. The minimum atomic E-state index is -0.302. The zero-order valence-electron chi connectivity index (χ0n) is 11.5. The average molecular weight is 375 g/mol. The molecule has 1 aromatic heterocycles. The van der Waals surface area contributed by atoms with Crippen molar-refractivity contribution < 1.29 is 9.59 Å². The Kier molecular flexibility index (Phi) is 5.99. The second-order valence-electron chi connectivity index (χ2n) is 5.02. The molecule has 0 unspecified atom stereocenters. The summed E-state index contributed by atoms with van der Waals surface area (Å²) in [6.45, 7) is 0.778. The molecule has 114 valence electrons. The second-order valence-corrected chi connectivity index (χ2v) is 6.29. The van der Waals surface area contributed by atoms with Gasteiger partial charge < -0.3 is 10.6 Å². The van der Waals surface area contributed by atoms with E-state index < -0.39 is 0 Å². The van der Waals surface area contributed by atoms with Gasteiger partial charge >= 0.3 is 0 Å². The summed E-state index contributed by atoms with van der Waals surface area (Å²) in [5.41, 5.74) is 0.313. The Bertz CT molecular complexity index is 533. The van der Waals surface area contributed by atoms with Crippen molar-refractivity contribution in [1.82, 2.24) is 15.6 Å². The third-order valence-electron chi connectivity index (χ3n) is 3.49. The number of amides is 2. The van der Waals surface area contributed by atoms with Gasteiger partial charge in [0.15, 0.2) is 0 Å². The van der Waals surface area contributed by atoms with E-state index in [2.05, 4.69) is 31.5 Å². The molecule has 0 aromatic carbocycles. The van der Waals surface area contributed by atoms with Gasteiger partial charge in [-0.1, -0.05) is 24.4 Å². The molecule has 21 heavy (non-hydrogen) atoms. The van der Waals surface area contributed by atoms with Crippen molar-refractivity contribution in [2.45, 2.75) is 25.7 Å². The first-order valence-corrected chi connectivity index (χ1v) is 8.12. The van der Waals surface area contributed by atoms with Crippen LogP contribution in [0.3, 0.4) is 0 Å². The smallest absolute Gasteiger partial charge is 0.254 e. The average Bonchev–Trinajstić information content (AvgIpc) is 3.00. The fourth-order valence-corrected chi connectivity index (χ4v) is 2.89. The molecule has 1 aliphatic rings. The van der Waals surface area contributed by atoms with Crippen molar-refractivity contribution in [3.05, 3.63) is 27.5 Å². The maximum Gasteiger partial charge on any atom is 0.254 e. The summed E-state index contributed by atoms with van der Waals surface area (Å²) in [6.07, 6.45) is 5.72. The highest BCUT2D eigenvalue weighted by Crippen LogP contribution is 2.24. The zero-order chi connectivity index (χ0) is 15.2. The number of rotatable bonds is 5. The number of hydrogen-bond acceptors (Lipinski definition) is 3. The van der Waals surface area contributed by atoms with Crippen molar-refractivity contribution in [3.8, 4) is 0 Å². The Labute approximate surface area is 137 Å². The number of carbonyl (C=O) groups is 2. The first kappa shape index (κ1) is 16.2. The first-order chi connectivity index (χ1) is 10.1. The number of hydrogen-bond donors (Lipinski definition) is 2. The van der Waals surface area contributed by atoms with Gasteiger partial charge in [0, 0.05) is 29.7 Å². The van der Waals surface area contributed by atoms with E-state index in [0.717, 1.165) is 25.7 Å². The lowest BCUT2D eigenvalue weighted by Gasteiger charge is -2.11. The lowest BCUT2D eigenvalue weighted by atomic mass is 10.1. The maximum absolute atomic E-state index is 11.9. The van der Waals surface area contributed by atoms with Crippen molar-refractivity contribution in [2.24, 2.45) is 5.92 Å². The lowest BCUT2D eigenvalue weighted by molar-refractivity contribution is -0.124. The Morgan fingerprint density at radius 1 is 1.29 bits per heavy atom. The highest BCUT2D eigenvalue weighted by molar-refractivity contribution is 9.10. The molecule has 0 bridgehead atoms. The fraction of sp³-hybridized carbons (Fsp3) is 0.500. The van der Waals surface area contributed by atoms with Crippen LogP contribution >= 0.6 is 27.5 Å². The molecule has 5 nitrogen and oxygen atoms in total. The van der Waals surface area contributed by atoms with Crippen LogP contribution in [0, 0.1) is 5.92 Å². The molecule has 0 radical (unpaired) electrons. The third-order valence-corrected chi connectivity index (χ3v) is 4.22. The summed E-state index contributed by atoms with van der Waals surface area (Å²) in [6, 6.07) is 1.61. The van der Waals surface area contributed by atoms with E-state index in [1.165, 1.54) is 6.20 Å². The van der Waals surface area contributed by atoms with E-state index in [9.17, 15) is 9.59 Å². The number of carbonyl (C=O) groups excluding carboxylic acids is 2. The van der Waals surface area contributed by atoms with Crippen LogP contribution in [0.2, 0.25) is 5.15 Å². The molecule has 1 aliphatic carbocycles. The van der Waals surface area contributed by atoms with Crippen LogP contribution in [0.15, 0.2) is 16.7 Å². The number of aromatic nitrogens is 1. The zero-order valence-corrected chi connectivity index (χ0v) is 13.8. The topological polar surface area (TPSA) is 71.1 Å². The molecule has 2 N–H and O–H groups in total. The Morgan fingerprint density at radius 2 is 1.95 bits per heavy atom. The standard InChI is InChI=1S/C14H17BrClN3O2/c15-10-7-11(12(16)19-8-10)14(21)18-6-5-17-13(20)9-3-1-2-4-9/h7-9H,1-6H2,(H,17,20)(H,18,21). The molecule has 0 saturated heterocycles. The van der Waals surface area contributed by atoms with E-state index in [1.54, 1.807) is 6.07 Å². The molecule has 1 aromatic rings. The second kappa shape index (κ2) is 7.75. The molecular weight excluding hydrogens is 358 g/mol. The highest BCUT2D eigenvalue weighted by Gasteiger charge is 2.22. The van der Waals surface area contributed by atoms with Gasteiger partial charge in [0.25, 0.3) is 5.91 Å². The predicted molar refractivity (Wildman–Crippen MR) is 84.2 cm³/mol. The molecule has 0 spiro atoms. The SMILES string of the molecule is O=C(NCCNC(=O)C1CCCC1)c1cc(Br)cnc1Cl. The summed E-state index contributed by atoms with van der Waals surface area (Å²) >= 11 is 9.12. The van der Waals surface area contributed by atoms with Gasteiger partial charge in [-0.15, -0.1) is 0 Å². The van der Waals surface area contributed by atoms with Gasteiger partial charge in [0.05, 0.1) is 5.56 Å². The van der Waals surface area contributed by atoms with Gasteiger partial charge in [-0.25, -0.2) is 4.98 Å². The van der Waals surface area contributed by atoms with E-state index in [4.69, 9.17) is 11.6 Å². The largest absolute Gasteiger partial charge is 0.354 e. The van der Waals surface area contributed by atoms with Crippen molar-refractivity contribution in [2.75, 3.05) is 13.1 Å². The van der Waals surface area contributed by atoms with E-state index in [-0.39, 0.29) is 22.9 Å². The summed E-state index contributed by atoms with van der Waals surface area (Å²) in [4.78, 5) is 27.6. The monoisotopic (exact) mass is 373 g/mol. The van der Waals surface area contributed by atoms with Crippen LogP contribution < -0.4 is 10.6 Å². The minimum Gasteiger partial charge on any atom is -0.354 e. The van der Waals surface area contributed by atoms with Crippen LogP contribution in [0.25, 0.3) is 0 Å². The molecule has 7 heteroatoms. The van der Waals surface area contributed by atoms with Crippen LogP contribution in [-0.2, 0) is 4.79 Å². The summed E-state index contributed by atoms with van der Waals surface area (Å²) in [5, 5.41) is 5.72. The fourth-order valence-electron chi connectivity index (χ4n) is 2.37. The molecular formula is C14H17BrClN3O2. The van der Waals surface area contributed by atoms with E-state index in [1.807, 2.05) is 0 Å². The minimum absolute atomic E-state index is 0.0869. The van der Waals surface area contributed by atoms with Crippen LogP contribution in [-0.4, -0.2) is 29.9 Å². The number of nitrogens with zero attached hydrogens (tertiary/aromatic N) is 1. The van der Waals surface area contributed by atoms with Gasteiger partial charge in [0.1, 0.15) is 5.15 Å². The predicted octanol–water partition coefficient (Wildman–Crippen LogP) is 2.53. The lowest BCUT2D eigenvalue weighted by Crippen LogP contribution is -2.37. The molecule has 1 fully saturated rings. The van der Waals surface area contributed by atoms with E-state index in [0.29, 0.717) is 23.1 Å². The Balaban J connectivity index is 1.74. The van der Waals surface area contributed by atoms with Crippen molar-refractivity contribution in [3.63, 3.8) is 0 Å². The molecule has 1 saturated carbocycles. The van der Waals surface area contributed by atoms with Crippen LogP contribution in [0.1, 0.15) is 36.0 Å². The van der Waals surface area contributed by atoms with Gasteiger partial charge in [-0.05, 0) is 34.8 Å². The Morgan fingerprint density at radius 3 is 2.67 bits per heavy atom. The van der Waals surface area contributed by atoms with Crippen LogP contribution in [0.4, 0.5) is 0 Å². The molecule has 2 amide bonds. The molecule has 2 rings (SSSR count). The Hall–Kier alpha value is -1.14. The van der Waals surface area contributed by atoms with E-state index >= 15 is 0 Å². The summed E-state index contributed by atoms with van der Waals surface area (Å²) in [5.74, 6) is -0.0720. The normalized spacial score (nSPS) is 15.0. The third kappa shape index (κ3) is 4.68. The van der Waals surface area contributed by atoms with Gasteiger partial charge in [0.2, 0.25) is 5.91 Å². The quantitative estimate of drug-likeness (QED) is 0.614. The number of pyridine rings is 1. The van der Waals surface area contributed by atoms with Crippen LogP contribution in [0.5, 0.6) is 0 Å². The number of halogens is 2. The molecule has 1 heterocycles. The van der Waals surface area contributed by atoms with Crippen molar-refractivity contribution >= 4 is 39.3 Å². The highest BCUT2D eigenvalue weighted by atomic mass is 79.9.